The summed E-state index contributed by atoms with van der Waals surface area (Å²) in [4.78, 5) is 40.7. The van der Waals surface area contributed by atoms with E-state index in [9.17, 15) is 46.1 Å². The molecule has 2 N–H and O–H groups in total. The number of nitrogens with zero attached hydrogens (tertiary/aromatic N) is 8. The summed E-state index contributed by atoms with van der Waals surface area (Å²) in [5.74, 6) is -9.15. The number of aromatic carboxylic acids is 2. The van der Waals surface area contributed by atoms with Crippen molar-refractivity contribution >= 4 is 34.0 Å². The number of aromatic nitrogens is 6. The number of carboxylic acid groups (broad SMARTS) is 2. The van der Waals surface area contributed by atoms with Crippen molar-refractivity contribution in [2.75, 3.05) is 26.4 Å². The Balaban J connectivity index is 0.000000188. The molecule has 0 unspecified atom stereocenters. The molecule has 16 nitrogen and oxygen atoms in total. The van der Waals surface area contributed by atoms with Crippen LogP contribution in [-0.2, 0) is 35.5 Å². The van der Waals surface area contributed by atoms with Crippen LogP contribution in [0.5, 0.6) is 11.8 Å². The van der Waals surface area contributed by atoms with Crippen LogP contribution in [0.25, 0.3) is 44.6 Å². The molecule has 26 heteroatoms. The second kappa shape index (κ2) is 26.8. The van der Waals surface area contributed by atoms with Crippen LogP contribution in [0, 0.1) is 69.4 Å². The standard InChI is InChI=1S/2C33H23F5N4O4/c2*34-23-8-17(13-39)4-5-19(23)14-46-31-3-1-2-26(41-31)21-12-24(35)20(9-25(21)36)11-30-40-27-7-6-18(33(43)44)10-28(27)42(30)29-16-45-15-22(29)32(37)38/h2*1-10,12,22,29,32H,11,14-16H2,(H,43,44)/t2*22-,29-/m00/s1. The molecule has 2 aliphatic heterocycles. The number of carbonyl (C=O) groups is 2. The fourth-order valence-corrected chi connectivity index (χ4v) is 10.9. The van der Waals surface area contributed by atoms with Gasteiger partial charge in [-0.05, 0) is 108 Å². The smallest absolute Gasteiger partial charge is 0.335 e. The van der Waals surface area contributed by atoms with Gasteiger partial charge in [-0.15, -0.1) is 0 Å². The maximum atomic E-state index is 15.6. The second-order valence-corrected chi connectivity index (χ2v) is 21.4. The van der Waals surface area contributed by atoms with E-state index in [2.05, 4.69) is 19.9 Å². The van der Waals surface area contributed by atoms with Crippen molar-refractivity contribution < 1.29 is 82.7 Å². The Morgan fingerprint density at radius 2 is 0.902 bits per heavy atom. The van der Waals surface area contributed by atoms with Crippen LogP contribution < -0.4 is 9.47 Å². The van der Waals surface area contributed by atoms with E-state index in [0.717, 1.165) is 36.4 Å². The van der Waals surface area contributed by atoms with Gasteiger partial charge >= 0.3 is 11.9 Å². The van der Waals surface area contributed by atoms with Crippen LogP contribution in [0.1, 0.15) is 77.8 Å². The number of hydrogen-bond acceptors (Lipinski definition) is 12. The number of carboxylic acids is 2. The molecule has 0 radical (unpaired) electrons. The molecular weight excluding hydrogens is 1220 g/mol. The van der Waals surface area contributed by atoms with E-state index in [-0.39, 0.29) is 154 Å². The molecule has 10 aromatic rings. The fraction of sp³-hybridized carbons (Fsp3) is 0.212. The van der Waals surface area contributed by atoms with Crippen molar-refractivity contribution in [3.8, 4) is 46.4 Å². The lowest BCUT2D eigenvalue weighted by molar-refractivity contribution is 0.0550. The molecule has 0 bridgehead atoms. The van der Waals surface area contributed by atoms with E-state index in [1.54, 1.807) is 0 Å². The number of ether oxygens (including phenoxy) is 4. The lowest BCUT2D eigenvalue weighted by Crippen LogP contribution is -2.25. The zero-order chi connectivity index (χ0) is 65.1. The first-order valence-corrected chi connectivity index (χ1v) is 28.0. The van der Waals surface area contributed by atoms with Crippen molar-refractivity contribution in [2.24, 2.45) is 11.8 Å². The Morgan fingerprint density at radius 1 is 0.500 bits per heavy atom. The molecular formula is C66H46F10N8O8. The molecule has 6 aromatic carbocycles. The van der Waals surface area contributed by atoms with Gasteiger partial charge in [0.1, 0.15) is 59.8 Å². The summed E-state index contributed by atoms with van der Waals surface area (Å²) in [6, 6.07) is 30.5. The number of rotatable bonds is 18. The predicted octanol–water partition coefficient (Wildman–Crippen LogP) is 13.4. The molecule has 6 heterocycles. The van der Waals surface area contributed by atoms with E-state index in [1.165, 1.54) is 106 Å². The fourth-order valence-electron chi connectivity index (χ4n) is 10.9. The molecule has 0 saturated carbocycles. The summed E-state index contributed by atoms with van der Waals surface area (Å²) < 4.78 is 171. The molecule has 2 saturated heterocycles. The molecule has 0 aliphatic carbocycles. The first-order valence-electron chi connectivity index (χ1n) is 28.0. The second-order valence-electron chi connectivity index (χ2n) is 21.4. The van der Waals surface area contributed by atoms with Crippen LogP contribution in [-0.4, -0.2) is 90.5 Å². The van der Waals surface area contributed by atoms with Crippen LogP contribution in [0.3, 0.4) is 0 Å². The molecule has 12 rings (SSSR count). The van der Waals surface area contributed by atoms with E-state index in [4.69, 9.17) is 29.5 Å². The van der Waals surface area contributed by atoms with E-state index in [1.807, 2.05) is 12.1 Å². The normalized spacial score (nSPS) is 16.2. The van der Waals surface area contributed by atoms with Crippen LogP contribution in [0.4, 0.5) is 43.9 Å². The lowest BCUT2D eigenvalue weighted by Gasteiger charge is -2.22. The van der Waals surface area contributed by atoms with E-state index in [0.29, 0.717) is 11.0 Å². The van der Waals surface area contributed by atoms with Gasteiger partial charge < -0.3 is 38.3 Å². The summed E-state index contributed by atoms with van der Waals surface area (Å²) in [7, 11) is 0. The Kier molecular flexibility index (Phi) is 18.3. The monoisotopic (exact) mass is 1270 g/mol. The SMILES string of the molecule is N#Cc1ccc(COc2cccc(-c3cc(F)c(Cc4nc5ccc(C(=O)O)cc5n4[C@H]4COC[C@@H]4C(F)F)cc3F)n2)c(F)c1.N#Cc1ccc(COc2cccc(-c3cc(F)c(Cc4nc5ccc(C(=O)O)cc5n4[C@H]4COC[C@@H]4C(F)F)cc3F)n2)c(F)c1. The van der Waals surface area contributed by atoms with Gasteiger partial charge in [0.2, 0.25) is 24.6 Å². The number of alkyl halides is 4. The third kappa shape index (κ3) is 13.3. The number of fused-ring (bicyclic) bond motifs is 2. The Hall–Kier alpha value is -10.7. The molecule has 468 valence electrons. The summed E-state index contributed by atoms with van der Waals surface area (Å²) in [6.45, 7) is -1.09. The molecule has 4 atom stereocenters. The first kappa shape index (κ1) is 62.9. The Bertz CT molecular complexity index is 4300. The average molecular weight is 1270 g/mol. The molecule has 0 amide bonds. The van der Waals surface area contributed by atoms with Crippen molar-refractivity contribution in [1.82, 2.24) is 29.1 Å². The maximum absolute atomic E-state index is 15.6. The molecule has 92 heavy (non-hydrogen) atoms. The van der Waals surface area contributed by atoms with Crippen LogP contribution in [0.15, 0.2) is 133 Å². The van der Waals surface area contributed by atoms with Gasteiger partial charge in [0.15, 0.2) is 0 Å². The van der Waals surface area contributed by atoms with Gasteiger partial charge in [0.05, 0.1) is 118 Å². The average Bonchev–Trinajstić information content (AvgIpc) is 1.62. The van der Waals surface area contributed by atoms with Crippen LogP contribution in [0.2, 0.25) is 0 Å². The summed E-state index contributed by atoms with van der Waals surface area (Å²) in [5, 5.41) is 36.8. The molecule has 2 aliphatic rings. The minimum atomic E-state index is -2.75. The Labute approximate surface area is 514 Å². The topological polar surface area (TPSA) is 221 Å². The number of benzene rings is 6. The third-order valence-electron chi connectivity index (χ3n) is 15.6. The molecule has 0 spiro atoms. The highest BCUT2D eigenvalue weighted by atomic mass is 19.3. The predicted molar refractivity (Wildman–Crippen MR) is 308 cm³/mol. The number of nitriles is 2. The van der Waals surface area contributed by atoms with Crippen molar-refractivity contribution in [2.45, 2.75) is 51.0 Å². The third-order valence-corrected chi connectivity index (χ3v) is 15.6. The van der Waals surface area contributed by atoms with E-state index >= 15 is 17.6 Å². The summed E-state index contributed by atoms with van der Waals surface area (Å²) in [6.07, 6.45) is -6.08. The minimum Gasteiger partial charge on any atom is -0.478 e. The van der Waals surface area contributed by atoms with Gasteiger partial charge in [-0.2, -0.15) is 10.5 Å². The number of pyridine rings is 2. The van der Waals surface area contributed by atoms with Crippen molar-refractivity contribution in [1.29, 1.82) is 10.5 Å². The summed E-state index contributed by atoms with van der Waals surface area (Å²) >= 11 is 0. The highest BCUT2D eigenvalue weighted by Crippen LogP contribution is 2.39. The van der Waals surface area contributed by atoms with E-state index < -0.39 is 83.6 Å². The zero-order valence-electron chi connectivity index (χ0n) is 47.5. The van der Waals surface area contributed by atoms with Gasteiger partial charge in [0.25, 0.3) is 0 Å². The van der Waals surface area contributed by atoms with Crippen LogP contribution >= 0.6 is 0 Å². The van der Waals surface area contributed by atoms with Gasteiger partial charge in [0, 0.05) is 47.2 Å². The maximum Gasteiger partial charge on any atom is 0.335 e. The highest BCUT2D eigenvalue weighted by molar-refractivity contribution is 5.93. The summed E-state index contributed by atoms with van der Waals surface area (Å²) in [5.41, 5.74) is 1.07. The largest absolute Gasteiger partial charge is 0.478 e. The highest BCUT2D eigenvalue weighted by Gasteiger charge is 2.40. The number of imidazole rings is 2. The lowest BCUT2D eigenvalue weighted by atomic mass is 10.0. The number of hydrogen-bond donors (Lipinski definition) is 2. The zero-order valence-corrected chi connectivity index (χ0v) is 47.5. The minimum absolute atomic E-state index is 0.0203. The van der Waals surface area contributed by atoms with Crippen molar-refractivity contribution in [3.63, 3.8) is 0 Å². The quantitative estimate of drug-likeness (QED) is 0.0764. The Morgan fingerprint density at radius 3 is 1.27 bits per heavy atom. The number of halogens is 10. The first-order chi connectivity index (χ1) is 44.2. The van der Waals surface area contributed by atoms with Gasteiger partial charge in [-0.1, -0.05) is 24.3 Å². The van der Waals surface area contributed by atoms with Gasteiger partial charge in [-0.25, -0.2) is 73.4 Å². The molecule has 4 aromatic heterocycles. The molecule has 2 fully saturated rings. The van der Waals surface area contributed by atoms with Gasteiger partial charge in [-0.3, -0.25) is 0 Å². The van der Waals surface area contributed by atoms with Crippen molar-refractivity contribution in [3.05, 3.63) is 225 Å².